The van der Waals surface area contributed by atoms with E-state index >= 15 is 0 Å². The molecular formula is C26H32ClN5O. The van der Waals surface area contributed by atoms with Crippen LogP contribution in [0.25, 0.3) is 0 Å². The van der Waals surface area contributed by atoms with Gasteiger partial charge in [-0.2, -0.15) is 4.98 Å². The Kier molecular flexibility index (Phi) is 6.39. The van der Waals surface area contributed by atoms with Crippen LogP contribution in [0.5, 0.6) is 0 Å². The van der Waals surface area contributed by atoms with Crippen molar-refractivity contribution in [2.45, 2.75) is 83.7 Å². The summed E-state index contributed by atoms with van der Waals surface area (Å²) in [7, 11) is 0. The topological polar surface area (TPSA) is 53.9 Å². The maximum atomic E-state index is 6.32. The fraction of sp³-hybridized carbons (Fsp3) is 0.500. The van der Waals surface area contributed by atoms with Crippen molar-refractivity contribution >= 4 is 28.9 Å². The molecule has 174 valence electrons. The third kappa shape index (κ3) is 4.38. The van der Waals surface area contributed by atoms with Crippen molar-refractivity contribution in [3.05, 3.63) is 59.1 Å². The Balaban J connectivity index is 1.46. The van der Waals surface area contributed by atoms with Crippen LogP contribution in [0.4, 0.5) is 11.5 Å². The lowest BCUT2D eigenvalue weighted by molar-refractivity contribution is 0.0446. The summed E-state index contributed by atoms with van der Waals surface area (Å²) < 4.78 is 6.32. The minimum Gasteiger partial charge on any atom is -0.373 e. The molecule has 1 fully saturated rings. The van der Waals surface area contributed by atoms with Crippen LogP contribution >= 0.6 is 11.6 Å². The SMILES string of the molecule is CCC1C2=NC(C)CC=C(C)N2c2cnc(Cl)nc2N1C1CCC(OCc2ccccc2)C1. The quantitative estimate of drug-likeness (QED) is 0.525. The zero-order valence-corrected chi connectivity index (χ0v) is 20.4. The van der Waals surface area contributed by atoms with Crippen LogP contribution < -0.4 is 9.80 Å². The molecule has 6 nitrogen and oxygen atoms in total. The Morgan fingerprint density at radius 1 is 1.18 bits per heavy atom. The van der Waals surface area contributed by atoms with E-state index in [0.717, 1.165) is 49.4 Å². The number of nitrogens with zero attached hydrogens (tertiary/aromatic N) is 5. The van der Waals surface area contributed by atoms with Gasteiger partial charge < -0.3 is 9.64 Å². The second-order valence-electron chi connectivity index (χ2n) is 9.32. The van der Waals surface area contributed by atoms with Crippen molar-refractivity contribution in [1.82, 2.24) is 9.97 Å². The first-order chi connectivity index (χ1) is 16.0. The Morgan fingerprint density at radius 3 is 2.79 bits per heavy atom. The molecule has 0 saturated heterocycles. The number of ether oxygens (including phenoxy) is 1. The van der Waals surface area contributed by atoms with Gasteiger partial charge in [-0.05, 0) is 63.1 Å². The van der Waals surface area contributed by atoms with Gasteiger partial charge in [-0.15, -0.1) is 0 Å². The van der Waals surface area contributed by atoms with Crippen molar-refractivity contribution in [2.75, 3.05) is 9.80 Å². The predicted molar refractivity (Wildman–Crippen MR) is 134 cm³/mol. The largest absolute Gasteiger partial charge is 0.373 e. The fourth-order valence-electron chi connectivity index (χ4n) is 5.38. The maximum Gasteiger partial charge on any atom is 0.224 e. The van der Waals surface area contributed by atoms with E-state index in [2.05, 4.69) is 65.9 Å². The Hall–Kier alpha value is -2.44. The van der Waals surface area contributed by atoms with Gasteiger partial charge in [-0.3, -0.25) is 9.89 Å². The summed E-state index contributed by atoms with van der Waals surface area (Å²) in [5.41, 5.74) is 3.37. The van der Waals surface area contributed by atoms with Crippen LogP contribution in [0.3, 0.4) is 0 Å². The number of rotatable bonds is 5. The lowest BCUT2D eigenvalue weighted by atomic mass is 10.0. The van der Waals surface area contributed by atoms with E-state index in [1.807, 2.05) is 12.3 Å². The van der Waals surface area contributed by atoms with E-state index < -0.39 is 0 Å². The Morgan fingerprint density at radius 2 is 2.00 bits per heavy atom. The molecular weight excluding hydrogens is 434 g/mol. The van der Waals surface area contributed by atoms with Crippen molar-refractivity contribution in [2.24, 2.45) is 4.99 Å². The number of benzene rings is 1. The molecule has 0 N–H and O–H groups in total. The van der Waals surface area contributed by atoms with Crippen LogP contribution in [0.15, 0.2) is 53.3 Å². The summed E-state index contributed by atoms with van der Waals surface area (Å²) in [5.74, 6) is 2.01. The normalized spacial score (nSPS) is 26.9. The lowest BCUT2D eigenvalue weighted by Gasteiger charge is -2.46. The van der Waals surface area contributed by atoms with Crippen LogP contribution in [0.2, 0.25) is 5.28 Å². The molecule has 2 aliphatic heterocycles. The standard InChI is InChI=1S/C26H32ClN5O/c1-4-22-24-29-17(2)10-11-18(3)31(24)23-15-28-26(27)30-25(23)32(22)20-12-13-21(14-20)33-16-19-8-6-5-7-9-19/h5-9,11,15,17,20-22H,4,10,12-14,16H2,1-3H3. The van der Waals surface area contributed by atoms with Crippen molar-refractivity contribution < 1.29 is 4.74 Å². The number of aliphatic imine (C=N–C) groups is 1. The number of hydrogen-bond acceptors (Lipinski definition) is 6. The molecule has 0 amide bonds. The highest BCUT2D eigenvalue weighted by Gasteiger charge is 2.43. The number of amidine groups is 1. The zero-order chi connectivity index (χ0) is 22.9. The lowest BCUT2D eigenvalue weighted by Crippen LogP contribution is -2.56. The summed E-state index contributed by atoms with van der Waals surface area (Å²) in [6, 6.07) is 11.1. The first kappa shape index (κ1) is 22.4. The molecule has 7 heteroatoms. The van der Waals surface area contributed by atoms with Gasteiger partial charge in [0.2, 0.25) is 5.28 Å². The summed E-state index contributed by atoms with van der Waals surface area (Å²) in [5, 5.41) is 0.286. The molecule has 4 unspecified atom stereocenters. The molecule has 1 aliphatic carbocycles. The third-order valence-corrected chi connectivity index (χ3v) is 7.18. The van der Waals surface area contributed by atoms with Crippen LogP contribution in [0.1, 0.15) is 58.4 Å². The van der Waals surface area contributed by atoms with Gasteiger partial charge in [0.25, 0.3) is 0 Å². The average molecular weight is 466 g/mol. The minimum atomic E-state index is 0.144. The fourth-order valence-corrected chi connectivity index (χ4v) is 5.51. The molecule has 0 spiro atoms. The molecule has 2 aromatic rings. The molecule has 3 heterocycles. The minimum absolute atomic E-state index is 0.144. The molecule has 0 radical (unpaired) electrons. The third-order valence-electron chi connectivity index (χ3n) is 6.99. The van der Waals surface area contributed by atoms with E-state index in [9.17, 15) is 0 Å². The van der Waals surface area contributed by atoms with Crippen molar-refractivity contribution in [1.29, 1.82) is 0 Å². The molecule has 1 saturated carbocycles. The second-order valence-corrected chi connectivity index (χ2v) is 9.66. The van der Waals surface area contributed by atoms with Crippen molar-refractivity contribution in [3.8, 4) is 0 Å². The monoisotopic (exact) mass is 465 g/mol. The summed E-state index contributed by atoms with van der Waals surface area (Å²) in [6.07, 6.45) is 9.33. The summed E-state index contributed by atoms with van der Waals surface area (Å²) in [4.78, 5) is 19.0. The highest BCUT2D eigenvalue weighted by atomic mass is 35.5. The number of halogens is 1. The Labute approximate surface area is 201 Å². The average Bonchev–Trinajstić information content (AvgIpc) is 3.23. The first-order valence-corrected chi connectivity index (χ1v) is 12.4. The maximum absolute atomic E-state index is 6.32. The molecule has 1 aromatic heterocycles. The van der Waals surface area contributed by atoms with Crippen LogP contribution in [0, 0.1) is 0 Å². The molecule has 0 bridgehead atoms. The van der Waals surface area contributed by atoms with E-state index in [-0.39, 0.29) is 23.5 Å². The van der Waals surface area contributed by atoms with E-state index in [1.54, 1.807) is 0 Å². The van der Waals surface area contributed by atoms with Gasteiger partial charge in [-0.25, -0.2) is 4.98 Å². The van der Waals surface area contributed by atoms with Gasteiger partial charge >= 0.3 is 0 Å². The number of fused-ring (bicyclic) bond motifs is 3. The first-order valence-electron chi connectivity index (χ1n) is 12.1. The molecule has 4 atom stereocenters. The molecule has 5 rings (SSSR count). The Bertz CT molecular complexity index is 1060. The van der Waals surface area contributed by atoms with Gasteiger partial charge in [0.05, 0.1) is 31.0 Å². The number of allylic oxidation sites excluding steroid dienone is 1. The van der Waals surface area contributed by atoms with Crippen molar-refractivity contribution in [3.63, 3.8) is 0 Å². The highest BCUT2D eigenvalue weighted by Crippen LogP contribution is 2.43. The summed E-state index contributed by atoms with van der Waals surface area (Å²) in [6.45, 7) is 7.23. The highest BCUT2D eigenvalue weighted by molar-refractivity contribution is 6.28. The van der Waals surface area contributed by atoms with E-state index in [0.29, 0.717) is 12.6 Å². The number of hydrogen-bond donors (Lipinski definition) is 0. The zero-order valence-electron chi connectivity index (χ0n) is 19.6. The van der Waals surface area contributed by atoms with Gasteiger partial charge in [0.1, 0.15) is 11.5 Å². The molecule has 3 aliphatic rings. The summed E-state index contributed by atoms with van der Waals surface area (Å²) >= 11 is 6.32. The van der Waals surface area contributed by atoms with E-state index in [4.69, 9.17) is 26.3 Å². The molecule has 1 aromatic carbocycles. The van der Waals surface area contributed by atoms with E-state index in [1.165, 1.54) is 11.3 Å². The van der Waals surface area contributed by atoms with Gasteiger partial charge in [0.15, 0.2) is 5.82 Å². The van der Waals surface area contributed by atoms with Gasteiger partial charge in [-0.1, -0.05) is 43.3 Å². The second kappa shape index (κ2) is 9.43. The van der Waals surface area contributed by atoms with Gasteiger partial charge in [0, 0.05) is 11.7 Å². The smallest absolute Gasteiger partial charge is 0.224 e. The molecule has 33 heavy (non-hydrogen) atoms. The van der Waals surface area contributed by atoms with Crippen LogP contribution in [-0.4, -0.2) is 40.0 Å². The number of aromatic nitrogens is 2. The number of anilines is 2. The predicted octanol–water partition coefficient (Wildman–Crippen LogP) is 5.77. The van der Waals surface area contributed by atoms with Crippen LogP contribution in [-0.2, 0) is 11.3 Å².